The van der Waals surface area contributed by atoms with Crippen molar-refractivity contribution >= 4 is 37.8 Å². The fourth-order valence-electron chi connectivity index (χ4n) is 3.87. The van der Waals surface area contributed by atoms with Crippen LogP contribution in [0.15, 0.2) is 30.7 Å². The van der Waals surface area contributed by atoms with E-state index in [2.05, 4.69) is 20.3 Å². The van der Waals surface area contributed by atoms with Crippen molar-refractivity contribution in [1.82, 2.24) is 19.5 Å². The van der Waals surface area contributed by atoms with Crippen molar-refractivity contribution in [2.45, 2.75) is 44.4 Å². The lowest BCUT2D eigenvalue weighted by atomic mass is 9.93. The van der Waals surface area contributed by atoms with Gasteiger partial charge < -0.3 is 15.0 Å². The number of aromatic nitrogens is 4. The van der Waals surface area contributed by atoms with Crippen molar-refractivity contribution in [3.05, 3.63) is 47.9 Å². The van der Waals surface area contributed by atoms with Crippen LogP contribution in [-0.4, -0.2) is 36.8 Å². The zero-order valence-corrected chi connectivity index (χ0v) is 16.3. The van der Waals surface area contributed by atoms with Gasteiger partial charge in [-0.25, -0.2) is 23.7 Å². The highest BCUT2D eigenvalue weighted by Gasteiger charge is 2.25. The van der Waals surface area contributed by atoms with Crippen molar-refractivity contribution in [2.24, 2.45) is 0 Å². The Hall–Kier alpha value is -2.65. The van der Waals surface area contributed by atoms with Crippen LogP contribution in [0.5, 0.6) is 0 Å². The Kier molecular flexibility index (Phi) is 4.63. The molecule has 0 radical (unpaired) electrons. The van der Waals surface area contributed by atoms with Crippen molar-refractivity contribution in [3.63, 3.8) is 0 Å². The Morgan fingerprint density at radius 3 is 2.97 bits per heavy atom. The number of halogens is 2. The molecule has 1 aliphatic rings. The summed E-state index contributed by atoms with van der Waals surface area (Å²) >= 11 is 1.08. The average molecular weight is 415 g/mol. The number of pyridine rings is 1. The minimum absolute atomic E-state index is 0.0117. The molecule has 0 amide bonds. The van der Waals surface area contributed by atoms with Gasteiger partial charge in [0.2, 0.25) is 0 Å². The number of thiazole rings is 1. The first kappa shape index (κ1) is 18.4. The lowest BCUT2D eigenvalue weighted by Gasteiger charge is -2.27. The third-order valence-corrected chi connectivity index (χ3v) is 6.37. The second kappa shape index (κ2) is 7.31. The summed E-state index contributed by atoms with van der Waals surface area (Å²) in [5, 5.41) is 13.7. The summed E-state index contributed by atoms with van der Waals surface area (Å²) in [6.45, 7) is 0.119. The van der Waals surface area contributed by atoms with Gasteiger partial charge in [0.1, 0.15) is 16.9 Å². The largest absolute Gasteiger partial charge is 0.391 e. The van der Waals surface area contributed by atoms with Gasteiger partial charge in [0.15, 0.2) is 16.6 Å². The molecule has 2 atom stereocenters. The van der Waals surface area contributed by atoms with E-state index in [0.29, 0.717) is 16.3 Å². The fraction of sp³-hybridized carbons (Fsp3) is 0.350. The quantitative estimate of drug-likeness (QED) is 0.525. The molecule has 4 aromatic rings. The first-order chi connectivity index (χ1) is 14.1. The number of nitrogens with zero attached hydrogens (tertiary/aromatic N) is 4. The number of hydrogen-bond acceptors (Lipinski definition) is 6. The number of anilines is 1. The highest BCUT2D eigenvalue weighted by molar-refractivity contribution is 7.22. The predicted molar refractivity (Wildman–Crippen MR) is 108 cm³/mol. The van der Waals surface area contributed by atoms with E-state index in [4.69, 9.17) is 0 Å². The smallest absolute Gasteiger partial charge is 0.184 e. The van der Waals surface area contributed by atoms with Crippen LogP contribution in [0.2, 0.25) is 0 Å². The molecule has 150 valence electrons. The number of rotatable bonds is 4. The highest BCUT2D eigenvalue weighted by Crippen LogP contribution is 2.34. The maximum atomic E-state index is 15.2. The minimum atomic E-state index is -0.567. The van der Waals surface area contributed by atoms with E-state index in [0.717, 1.165) is 37.0 Å². The maximum Gasteiger partial charge on any atom is 0.184 e. The van der Waals surface area contributed by atoms with Crippen molar-refractivity contribution in [2.75, 3.05) is 5.32 Å². The highest BCUT2D eigenvalue weighted by atomic mass is 32.1. The van der Waals surface area contributed by atoms with E-state index in [1.54, 1.807) is 23.2 Å². The lowest BCUT2D eigenvalue weighted by molar-refractivity contribution is 0.116. The summed E-state index contributed by atoms with van der Waals surface area (Å²) in [6, 6.07) is 4.64. The predicted octanol–water partition coefficient (Wildman–Crippen LogP) is 4.08. The Morgan fingerprint density at radius 2 is 2.10 bits per heavy atom. The van der Waals surface area contributed by atoms with Crippen LogP contribution < -0.4 is 5.32 Å². The van der Waals surface area contributed by atoms with Gasteiger partial charge in [-0.2, -0.15) is 0 Å². The minimum Gasteiger partial charge on any atom is -0.391 e. The van der Waals surface area contributed by atoms with Crippen LogP contribution in [0.3, 0.4) is 0 Å². The molecular formula is C20H19F2N5OS. The van der Waals surface area contributed by atoms with Gasteiger partial charge in [-0.15, -0.1) is 0 Å². The molecule has 0 saturated heterocycles. The molecule has 6 nitrogen and oxygen atoms in total. The van der Waals surface area contributed by atoms with Crippen LogP contribution in [0.25, 0.3) is 21.4 Å². The van der Waals surface area contributed by atoms with Crippen LogP contribution >= 0.6 is 11.3 Å². The summed E-state index contributed by atoms with van der Waals surface area (Å²) in [5.74, 6) is -1.06. The molecule has 1 aliphatic carbocycles. The van der Waals surface area contributed by atoms with Crippen LogP contribution in [-0.2, 0) is 6.54 Å². The number of benzene rings is 1. The summed E-state index contributed by atoms with van der Waals surface area (Å²) in [6.07, 6.45) is 6.28. The lowest BCUT2D eigenvalue weighted by Crippen LogP contribution is -2.36. The third-order valence-electron chi connectivity index (χ3n) is 5.39. The molecule has 5 rings (SSSR count). The standard InChI is InChI=1S/C20H19F2N5OS/c21-12-8-11(9-27-10-24-14-5-3-7-23-19(14)27)16(22)18-17(12)26-20(29-18)25-13-4-1-2-6-15(13)28/h3,5,7-8,10,13,15,28H,1-2,4,6,9H2,(H,25,26)/t13-,15-/m1/s1. The molecule has 3 heterocycles. The van der Waals surface area contributed by atoms with E-state index in [9.17, 15) is 9.50 Å². The summed E-state index contributed by atoms with van der Waals surface area (Å²) in [4.78, 5) is 12.8. The second-order valence-corrected chi connectivity index (χ2v) is 8.35. The monoisotopic (exact) mass is 415 g/mol. The number of nitrogens with one attached hydrogen (secondary N) is 1. The molecule has 29 heavy (non-hydrogen) atoms. The molecule has 0 aliphatic heterocycles. The van der Waals surface area contributed by atoms with Gasteiger partial charge in [-0.3, -0.25) is 0 Å². The normalized spacial score (nSPS) is 19.8. The van der Waals surface area contributed by atoms with Crippen molar-refractivity contribution in [1.29, 1.82) is 0 Å². The first-order valence-corrected chi connectivity index (χ1v) is 10.4. The maximum absolute atomic E-state index is 15.2. The Labute approximate surface area is 169 Å². The molecule has 1 fully saturated rings. The zero-order chi connectivity index (χ0) is 20.0. The number of hydrogen-bond donors (Lipinski definition) is 2. The van der Waals surface area contributed by atoms with Crippen molar-refractivity contribution in [3.8, 4) is 0 Å². The van der Waals surface area contributed by atoms with Gasteiger partial charge in [-0.1, -0.05) is 24.2 Å². The SMILES string of the molecule is O[C@@H]1CCCC[C@H]1Nc1nc2c(F)cc(Cn3cnc4cccnc43)c(F)c2s1. The molecular weight excluding hydrogens is 396 g/mol. The Morgan fingerprint density at radius 1 is 1.24 bits per heavy atom. The van der Waals surface area contributed by atoms with Crippen LogP contribution in [0.4, 0.5) is 13.9 Å². The number of aliphatic hydroxyl groups excluding tert-OH is 1. The number of aliphatic hydroxyl groups is 1. The molecule has 0 spiro atoms. The average Bonchev–Trinajstić information content (AvgIpc) is 3.33. The van der Waals surface area contributed by atoms with E-state index in [1.165, 1.54) is 6.07 Å². The van der Waals surface area contributed by atoms with Gasteiger partial charge >= 0.3 is 0 Å². The molecule has 0 bridgehead atoms. The molecule has 1 aromatic carbocycles. The molecule has 9 heteroatoms. The van der Waals surface area contributed by atoms with E-state index < -0.39 is 17.7 Å². The fourth-order valence-corrected chi connectivity index (χ4v) is 4.87. The van der Waals surface area contributed by atoms with Gasteiger partial charge in [0, 0.05) is 11.8 Å². The molecule has 0 unspecified atom stereocenters. The van der Waals surface area contributed by atoms with E-state index in [1.807, 2.05) is 6.07 Å². The topological polar surface area (TPSA) is 75.9 Å². The number of imidazole rings is 1. The van der Waals surface area contributed by atoms with Gasteiger partial charge in [0.25, 0.3) is 0 Å². The summed E-state index contributed by atoms with van der Waals surface area (Å²) in [5.41, 5.74) is 1.54. The van der Waals surface area contributed by atoms with Crippen molar-refractivity contribution < 1.29 is 13.9 Å². The molecule has 2 N–H and O–H groups in total. The van der Waals surface area contributed by atoms with Crippen LogP contribution in [0, 0.1) is 11.6 Å². The molecule has 1 saturated carbocycles. The van der Waals surface area contributed by atoms with Gasteiger partial charge in [0.05, 0.1) is 29.7 Å². The summed E-state index contributed by atoms with van der Waals surface area (Å²) in [7, 11) is 0. The van der Waals surface area contributed by atoms with Crippen LogP contribution in [0.1, 0.15) is 31.2 Å². The van der Waals surface area contributed by atoms with Gasteiger partial charge in [-0.05, 0) is 31.0 Å². The Balaban J connectivity index is 1.48. The third kappa shape index (κ3) is 3.34. The van der Waals surface area contributed by atoms with E-state index >= 15 is 4.39 Å². The summed E-state index contributed by atoms with van der Waals surface area (Å²) < 4.78 is 31.7. The van der Waals surface area contributed by atoms with E-state index in [-0.39, 0.29) is 28.4 Å². The molecule has 3 aromatic heterocycles. The second-order valence-electron chi connectivity index (χ2n) is 7.35. The Bertz CT molecular complexity index is 1190. The number of fused-ring (bicyclic) bond motifs is 2. The zero-order valence-electron chi connectivity index (χ0n) is 15.5. The first-order valence-electron chi connectivity index (χ1n) is 9.58.